The molecule has 8 heteroatoms. The van der Waals surface area contributed by atoms with E-state index in [1.165, 1.54) is 36.4 Å². The minimum Gasteiger partial charge on any atom is -0.399 e. The van der Waals surface area contributed by atoms with Crippen LogP contribution in [-0.2, 0) is 9.59 Å². The molecule has 148 valence electrons. The van der Waals surface area contributed by atoms with E-state index in [0.29, 0.717) is 5.69 Å². The highest BCUT2D eigenvalue weighted by atomic mass is 19.3. The van der Waals surface area contributed by atoms with Gasteiger partial charge in [-0.15, -0.1) is 0 Å². The molecule has 0 saturated heterocycles. The number of alkyl halides is 2. The van der Waals surface area contributed by atoms with E-state index < -0.39 is 41.9 Å². The minimum absolute atomic E-state index is 0.163. The highest BCUT2D eigenvalue weighted by Crippen LogP contribution is 2.28. The molecule has 0 radical (unpaired) electrons. The van der Waals surface area contributed by atoms with Crippen LogP contribution in [0.2, 0.25) is 0 Å². The summed E-state index contributed by atoms with van der Waals surface area (Å²) in [6.07, 6.45) is 0. The molecule has 2 unspecified atom stereocenters. The van der Waals surface area contributed by atoms with Crippen LogP contribution in [0.5, 0.6) is 0 Å². The van der Waals surface area contributed by atoms with Gasteiger partial charge in [0.1, 0.15) is 11.8 Å². The first kappa shape index (κ1) is 21.2. The Balaban J connectivity index is 2.48. The monoisotopic (exact) mass is 389 g/mol. The average Bonchev–Trinajstić information content (AvgIpc) is 2.68. The molecule has 0 heterocycles. The van der Waals surface area contributed by atoms with Crippen molar-refractivity contribution in [2.24, 2.45) is 5.73 Å². The number of carbonyl (C=O) groups is 3. The summed E-state index contributed by atoms with van der Waals surface area (Å²) in [5, 5.41) is 2.29. The van der Waals surface area contributed by atoms with Crippen LogP contribution in [-0.4, -0.2) is 36.0 Å². The van der Waals surface area contributed by atoms with E-state index in [4.69, 9.17) is 11.5 Å². The smallest absolute Gasteiger partial charge is 0.319 e. The third kappa shape index (κ3) is 4.77. The van der Waals surface area contributed by atoms with Crippen molar-refractivity contribution in [3.8, 4) is 0 Å². The number of carbonyl (C=O) groups excluding carboxylic acids is 3. The maximum absolute atomic E-state index is 14.1. The summed E-state index contributed by atoms with van der Waals surface area (Å²) in [5.74, 6) is -8.18. The Hall–Kier alpha value is -3.13. The van der Waals surface area contributed by atoms with E-state index >= 15 is 0 Å². The highest BCUT2D eigenvalue weighted by Gasteiger charge is 2.46. The summed E-state index contributed by atoms with van der Waals surface area (Å²) in [6, 6.07) is 11.8. The lowest BCUT2D eigenvalue weighted by Gasteiger charge is -2.28. The first-order valence-electron chi connectivity index (χ1n) is 8.51. The van der Waals surface area contributed by atoms with Crippen molar-refractivity contribution in [1.82, 2.24) is 5.32 Å². The molecule has 0 bridgehead atoms. The molecule has 0 saturated carbocycles. The van der Waals surface area contributed by atoms with E-state index in [-0.39, 0.29) is 11.1 Å². The number of benzene rings is 2. The summed E-state index contributed by atoms with van der Waals surface area (Å²) in [7, 11) is 0. The van der Waals surface area contributed by atoms with E-state index in [0.717, 1.165) is 6.92 Å². The van der Waals surface area contributed by atoms with Crippen LogP contribution in [0.25, 0.3) is 0 Å². The topological polar surface area (TPSA) is 115 Å². The van der Waals surface area contributed by atoms with Crippen molar-refractivity contribution in [1.29, 1.82) is 0 Å². The van der Waals surface area contributed by atoms with Crippen LogP contribution in [0, 0.1) is 0 Å². The van der Waals surface area contributed by atoms with Gasteiger partial charge in [0, 0.05) is 11.3 Å². The number of anilines is 1. The van der Waals surface area contributed by atoms with Crippen molar-refractivity contribution < 1.29 is 23.2 Å². The third-order valence-electron chi connectivity index (χ3n) is 4.29. The molecule has 0 aliphatic heterocycles. The summed E-state index contributed by atoms with van der Waals surface area (Å²) in [5.41, 5.74) is 11.5. The molecule has 0 aliphatic rings. The number of nitrogens with one attached hydrogen (secondary N) is 1. The Bertz CT molecular complexity index is 855. The molecule has 0 fully saturated rings. The van der Waals surface area contributed by atoms with Crippen LogP contribution in [0.4, 0.5) is 14.5 Å². The van der Waals surface area contributed by atoms with Gasteiger partial charge in [0.05, 0.1) is 12.5 Å². The Morgan fingerprint density at radius 1 is 1.04 bits per heavy atom. The molecule has 0 spiro atoms. The van der Waals surface area contributed by atoms with Gasteiger partial charge in [-0.1, -0.05) is 30.3 Å². The molecule has 2 aromatic carbocycles. The van der Waals surface area contributed by atoms with Crippen LogP contribution in [0.1, 0.15) is 28.8 Å². The first-order chi connectivity index (χ1) is 13.2. The Kier molecular flexibility index (Phi) is 6.58. The summed E-state index contributed by atoms with van der Waals surface area (Å²) in [4.78, 5) is 37.3. The minimum atomic E-state index is -3.91. The molecule has 1 amide bonds. The predicted octanol–water partition coefficient (Wildman–Crippen LogP) is 1.90. The van der Waals surface area contributed by atoms with Gasteiger partial charge in [-0.3, -0.25) is 14.4 Å². The largest absolute Gasteiger partial charge is 0.399 e. The van der Waals surface area contributed by atoms with E-state index in [2.05, 4.69) is 5.32 Å². The van der Waals surface area contributed by atoms with Crippen molar-refractivity contribution in [2.45, 2.75) is 24.8 Å². The van der Waals surface area contributed by atoms with Gasteiger partial charge in [0.15, 0.2) is 0 Å². The maximum atomic E-state index is 14.1. The molecule has 2 atom stereocenters. The fraction of sp³-hybridized carbons (Fsp3) is 0.250. The molecule has 5 N–H and O–H groups in total. The second kappa shape index (κ2) is 8.71. The SMILES string of the molecule is CC(=O)C(c1ccc(N)cc1)C(NC(=O)c1ccccc1)C(=O)C(F)(F)CN. The molecular weight excluding hydrogens is 368 g/mol. The van der Waals surface area contributed by atoms with Gasteiger partial charge in [-0.25, -0.2) is 0 Å². The number of Topliss-reactive ketones (excluding diaryl/α,β-unsaturated/α-hetero) is 2. The predicted molar refractivity (Wildman–Crippen MR) is 101 cm³/mol. The van der Waals surface area contributed by atoms with Crippen molar-refractivity contribution in [2.75, 3.05) is 12.3 Å². The second-order valence-corrected chi connectivity index (χ2v) is 6.34. The van der Waals surface area contributed by atoms with Crippen LogP contribution in [0.15, 0.2) is 54.6 Å². The summed E-state index contributed by atoms with van der Waals surface area (Å²) >= 11 is 0. The maximum Gasteiger partial charge on any atom is 0.319 e. The van der Waals surface area contributed by atoms with E-state index in [1.807, 2.05) is 0 Å². The fourth-order valence-electron chi connectivity index (χ4n) is 2.81. The van der Waals surface area contributed by atoms with Crippen molar-refractivity contribution in [3.05, 3.63) is 65.7 Å². The van der Waals surface area contributed by atoms with Gasteiger partial charge in [0.2, 0.25) is 5.78 Å². The quantitative estimate of drug-likeness (QED) is 0.597. The van der Waals surface area contributed by atoms with Crippen molar-refractivity contribution in [3.63, 3.8) is 0 Å². The molecule has 0 aromatic heterocycles. The van der Waals surface area contributed by atoms with Gasteiger partial charge in [-0.05, 0) is 36.8 Å². The Morgan fingerprint density at radius 2 is 1.61 bits per heavy atom. The Morgan fingerprint density at radius 3 is 2.11 bits per heavy atom. The number of hydrogen-bond acceptors (Lipinski definition) is 5. The van der Waals surface area contributed by atoms with Gasteiger partial charge >= 0.3 is 5.92 Å². The number of rotatable bonds is 8. The van der Waals surface area contributed by atoms with E-state index in [1.54, 1.807) is 18.2 Å². The standard InChI is InChI=1S/C20H21F2N3O3/c1-12(26)16(13-7-9-15(24)10-8-13)17(18(27)20(21,22)11-23)25-19(28)14-5-3-2-4-6-14/h2-10,16-17H,11,23-24H2,1H3,(H,25,28). The molecular formula is C20H21F2N3O3. The molecule has 6 nitrogen and oxygen atoms in total. The normalized spacial score (nSPS) is 13.4. The second-order valence-electron chi connectivity index (χ2n) is 6.34. The van der Waals surface area contributed by atoms with Crippen molar-refractivity contribution >= 4 is 23.2 Å². The highest BCUT2D eigenvalue weighted by molar-refractivity contribution is 6.03. The van der Waals surface area contributed by atoms with Crippen LogP contribution < -0.4 is 16.8 Å². The molecule has 0 aliphatic carbocycles. The molecule has 28 heavy (non-hydrogen) atoms. The van der Waals surface area contributed by atoms with Crippen LogP contribution in [0.3, 0.4) is 0 Å². The Labute approximate surface area is 160 Å². The molecule has 2 aromatic rings. The first-order valence-corrected chi connectivity index (χ1v) is 8.51. The van der Waals surface area contributed by atoms with E-state index in [9.17, 15) is 23.2 Å². The molecule has 2 rings (SSSR count). The number of halogens is 2. The number of nitrogen functional groups attached to an aromatic ring is 1. The number of amides is 1. The van der Waals surface area contributed by atoms with Crippen LogP contribution >= 0.6 is 0 Å². The summed E-state index contributed by atoms with van der Waals surface area (Å²) in [6.45, 7) is -0.0769. The number of hydrogen-bond donors (Lipinski definition) is 3. The summed E-state index contributed by atoms with van der Waals surface area (Å²) < 4.78 is 28.2. The fourth-order valence-corrected chi connectivity index (χ4v) is 2.81. The third-order valence-corrected chi connectivity index (χ3v) is 4.29. The van der Waals surface area contributed by atoms with Gasteiger partial charge in [0.25, 0.3) is 5.91 Å². The number of nitrogens with two attached hydrogens (primary N) is 2. The van der Waals surface area contributed by atoms with Gasteiger partial charge < -0.3 is 16.8 Å². The average molecular weight is 389 g/mol. The number of ketones is 2. The zero-order chi connectivity index (χ0) is 20.9. The zero-order valence-corrected chi connectivity index (χ0v) is 15.2. The lowest BCUT2D eigenvalue weighted by molar-refractivity contribution is -0.145. The zero-order valence-electron chi connectivity index (χ0n) is 15.2. The van der Waals surface area contributed by atoms with Gasteiger partial charge in [-0.2, -0.15) is 8.78 Å². The lowest BCUT2D eigenvalue weighted by atomic mass is 9.84. The lowest BCUT2D eigenvalue weighted by Crippen LogP contribution is -2.54.